The quantitative estimate of drug-likeness (QED) is 0.135. The lowest BCUT2D eigenvalue weighted by Crippen LogP contribution is -2.43. The third kappa shape index (κ3) is 8.70. The van der Waals surface area contributed by atoms with Crippen LogP contribution < -0.4 is 21.3 Å². The average Bonchev–Trinajstić information content (AvgIpc) is 3.01. The molecule has 0 aliphatic heterocycles. The normalized spacial score (nSPS) is 12.3. The molecule has 230 valence electrons. The molecule has 0 aliphatic carbocycles. The topological polar surface area (TPSA) is 82.3 Å². The van der Waals surface area contributed by atoms with E-state index in [1.165, 1.54) is 12.1 Å². The van der Waals surface area contributed by atoms with E-state index in [2.05, 4.69) is 35.1 Å². The van der Waals surface area contributed by atoms with Crippen LogP contribution in [0.4, 0.5) is 24.5 Å². The van der Waals surface area contributed by atoms with Crippen LogP contribution in [0.3, 0.4) is 0 Å². The van der Waals surface area contributed by atoms with E-state index >= 15 is 0 Å². The standard InChI is InChI=1S/C35H37F3N4O2/c1-4-39-33(44)31(25-10-6-5-7-11-25)41-23-34(2,3)22-40-27-18-20-28(21-19-27)42-32(43)30-13-9-8-12-29(30)24-14-16-26(17-15-24)35(36,37)38/h5-21,31,40-41H,4,22-23H2,1-3H3,(H,39,44)(H,42,43). The van der Waals surface area contributed by atoms with E-state index in [0.29, 0.717) is 42.0 Å². The number of rotatable bonds is 12. The number of alkyl halides is 3. The van der Waals surface area contributed by atoms with Gasteiger partial charge in [-0.05, 0) is 71.5 Å². The molecule has 6 nitrogen and oxygen atoms in total. The van der Waals surface area contributed by atoms with Crippen molar-refractivity contribution in [1.29, 1.82) is 0 Å². The van der Waals surface area contributed by atoms with Crippen molar-refractivity contribution in [3.8, 4) is 11.1 Å². The zero-order valence-corrected chi connectivity index (χ0v) is 25.0. The number of amides is 2. The van der Waals surface area contributed by atoms with Crippen LogP contribution in [0.1, 0.15) is 48.3 Å². The van der Waals surface area contributed by atoms with E-state index in [0.717, 1.165) is 23.4 Å². The van der Waals surface area contributed by atoms with Gasteiger partial charge in [0.2, 0.25) is 5.91 Å². The summed E-state index contributed by atoms with van der Waals surface area (Å²) in [7, 11) is 0. The zero-order valence-electron chi connectivity index (χ0n) is 25.0. The van der Waals surface area contributed by atoms with Crippen LogP contribution >= 0.6 is 0 Å². The van der Waals surface area contributed by atoms with Gasteiger partial charge in [0.25, 0.3) is 5.91 Å². The molecule has 0 spiro atoms. The summed E-state index contributed by atoms with van der Waals surface area (Å²) >= 11 is 0. The largest absolute Gasteiger partial charge is 0.416 e. The molecule has 4 aromatic carbocycles. The van der Waals surface area contributed by atoms with Gasteiger partial charge in [0.1, 0.15) is 6.04 Å². The Hall–Kier alpha value is -4.63. The number of carbonyl (C=O) groups excluding carboxylic acids is 2. The van der Waals surface area contributed by atoms with E-state index in [4.69, 9.17) is 0 Å². The molecule has 4 N–H and O–H groups in total. The molecule has 0 saturated heterocycles. The molecule has 0 fully saturated rings. The van der Waals surface area contributed by atoms with Crippen LogP contribution in [-0.2, 0) is 11.0 Å². The smallest absolute Gasteiger partial charge is 0.384 e. The van der Waals surface area contributed by atoms with E-state index < -0.39 is 17.8 Å². The van der Waals surface area contributed by atoms with Gasteiger partial charge in [-0.3, -0.25) is 9.59 Å². The molecule has 0 aromatic heterocycles. The minimum atomic E-state index is -4.43. The first kappa shape index (κ1) is 32.3. The molecule has 9 heteroatoms. The summed E-state index contributed by atoms with van der Waals surface area (Å²) in [5.41, 5.74) is 2.81. The van der Waals surface area contributed by atoms with E-state index in [1.807, 2.05) is 49.4 Å². The fourth-order valence-corrected chi connectivity index (χ4v) is 4.71. The third-order valence-electron chi connectivity index (χ3n) is 7.14. The van der Waals surface area contributed by atoms with Crippen molar-refractivity contribution >= 4 is 23.2 Å². The predicted molar refractivity (Wildman–Crippen MR) is 169 cm³/mol. The maximum absolute atomic E-state index is 13.2. The predicted octanol–water partition coefficient (Wildman–Crippen LogP) is 7.53. The maximum atomic E-state index is 13.2. The fourth-order valence-electron chi connectivity index (χ4n) is 4.71. The highest BCUT2D eigenvalue weighted by atomic mass is 19.4. The van der Waals surface area contributed by atoms with Crippen molar-refractivity contribution in [3.05, 3.63) is 120 Å². The van der Waals surface area contributed by atoms with Crippen molar-refractivity contribution < 1.29 is 22.8 Å². The first-order chi connectivity index (χ1) is 21.0. The third-order valence-corrected chi connectivity index (χ3v) is 7.14. The van der Waals surface area contributed by atoms with Gasteiger partial charge in [0, 0.05) is 36.6 Å². The number of carbonyl (C=O) groups is 2. The molecular formula is C35H37F3N4O2. The minimum Gasteiger partial charge on any atom is -0.384 e. The second kappa shape index (κ2) is 14.2. The monoisotopic (exact) mass is 602 g/mol. The van der Waals surface area contributed by atoms with E-state index in [9.17, 15) is 22.8 Å². The Balaban J connectivity index is 1.35. The van der Waals surface area contributed by atoms with Gasteiger partial charge < -0.3 is 21.3 Å². The van der Waals surface area contributed by atoms with Gasteiger partial charge >= 0.3 is 6.18 Å². The summed E-state index contributed by atoms with van der Waals surface area (Å²) in [6.07, 6.45) is -4.43. The molecular weight excluding hydrogens is 565 g/mol. The molecule has 1 unspecified atom stereocenters. The van der Waals surface area contributed by atoms with Crippen LogP contribution in [0, 0.1) is 5.41 Å². The molecule has 1 atom stereocenters. The summed E-state index contributed by atoms with van der Waals surface area (Å²) in [5.74, 6) is -0.435. The van der Waals surface area contributed by atoms with Crippen molar-refractivity contribution in [2.24, 2.45) is 5.41 Å². The Morgan fingerprint density at radius 2 is 1.36 bits per heavy atom. The number of anilines is 2. The summed E-state index contributed by atoms with van der Waals surface area (Å²) in [6, 6.07) is 28.0. The zero-order chi connectivity index (χ0) is 31.7. The number of nitrogens with one attached hydrogen (secondary N) is 4. The molecule has 4 rings (SSSR count). The SMILES string of the molecule is CCNC(=O)C(NCC(C)(C)CNc1ccc(NC(=O)c2ccccc2-c2ccc(C(F)(F)F)cc2)cc1)c1ccccc1. The lowest BCUT2D eigenvalue weighted by Gasteiger charge is -2.29. The highest BCUT2D eigenvalue weighted by Crippen LogP contribution is 2.32. The summed E-state index contributed by atoms with van der Waals surface area (Å²) in [4.78, 5) is 25.9. The Morgan fingerprint density at radius 1 is 0.750 bits per heavy atom. The van der Waals surface area contributed by atoms with Gasteiger partial charge in [-0.15, -0.1) is 0 Å². The van der Waals surface area contributed by atoms with Crippen molar-refractivity contribution in [3.63, 3.8) is 0 Å². The lowest BCUT2D eigenvalue weighted by atomic mass is 9.92. The summed E-state index contributed by atoms with van der Waals surface area (Å²) < 4.78 is 39.0. The minimum absolute atomic E-state index is 0.0675. The Morgan fingerprint density at radius 3 is 2.00 bits per heavy atom. The van der Waals surface area contributed by atoms with Crippen LogP contribution in [0.15, 0.2) is 103 Å². The Bertz CT molecular complexity index is 1540. The fraction of sp³-hybridized carbons (Fsp3) is 0.257. The van der Waals surface area contributed by atoms with Gasteiger partial charge in [-0.25, -0.2) is 0 Å². The number of hydrogen-bond acceptors (Lipinski definition) is 4. The first-order valence-corrected chi connectivity index (χ1v) is 14.4. The molecule has 2 amide bonds. The second-order valence-electron chi connectivity index (χ2n) is 11.3. The van der Waals surface area contributed by atoms with Gasteiger partial charge in [-0.1, -0.05) is 74.5 Å². The molecule has 0 saturated carbocycles. The van der Waals surface area contributed by atoms with Gasteiger partial charge in [0.15, 0.2) is 0 Å². The highest BCUT2D eigenvalue weighted by Gasteiger charge is 2.30. The van der Waals surface area contributed by atoms with Crippen molar-refractivity contribution in [1.82, 2.24) is 10.6 Å². The molecule has 0 bridgehead atoms. The Kier molecular flexibility index (Phi) is 10.4. The first-order valence-electron chi connectivity index (χ1n) is 14.4. The molecule has 4 aromatic rings. The average molecular weight is 603 g/mol. The Labute approximate surface area is 256 Å². The molecule has 0 radical (unpaired) electrons. The lowest BCUT2D eigenvalue weighted by molar-refractivity contribution is -0.137. The number of likely N-dealkylation sites (N-methyl/N-ethyl adjacent to an activating group) is 1. The molecule has 0 aliphatic rings. The van der Waals surface area contributed by atoms with Crippen LogP contribution in [0.2, 0.25) is 0 Å². The van der Waals surface area contributed by atoms with Crippen LogP contribution in [-0.4, -0.2) is 31.4 Å². The van der Waals surface area contributed by atoms with E-state index in [1.54, 1.807) is 36.4 Å². The van der Waals surface area contributed by atoms with E-state index in [-0.39, 0.29) is 17.2 Å². The van der Waals surface area contributed by atoms with Gasteiger partial charge in [0.05, 0.1) is 5.56 Å². The number of hydrogen-bond donors (Lipinski definition) is 4. The van der Waals surface area contributed by atoms with Gasteiger partial charge in [-0.2, -0.15) is 13.2 Å². The molecule has 44 heavy (non-hydrogen) atoms. The highest BCUT2D eigenvalue weighted by molar-refractivity contribution is 6.08. The summed E-state index contributed by atoms with van der Waals surface area (Å²) in [6.45, 7) is 7.88. The van der Waals surface area contributed by atoms with Crippen molar-refractivity contribution in [2.45, 2.75) is 33.0 Å². The number of halogens is 3. The number of benzene rings is 4. The summed E-state index contributed by atoms with van der Waals surface area (Å²) in [5, 5.41) is 12.6. The van der Waals surface area contributed by atoms with Crippen LogP contribution in [0.5, 0.6) is 0 Å². The van der Waals surface area contributed by atoms with Crippen molar-refractivity contribution in [2.75, 3.05) is 30.3 Å². The second-order valence-corrected chi connectivity index (χ2v) is 11.3. The van der Waals surface area contributed by atoms with Crippen LogP contribution in [0.25, 0.3) is 11.1 Å². The molecule has 0 heterocycles. The maximum Gasteiger partial charge on any atom is 0.416 e.